The van der Waals surface area contributed by atoms with Crippen LogP contribution in [0.1, 0.15) is 37.4 Å². The third kappa shape index (κ3) is 4.87. The van der Waals surface area contributed by atoms with E-state index < -0.39 is 0 Å². The van der Waals surface area contributed by atoms with E-state index in [0.717, 1.165) is 30.8 Å². The number of pyridine rings is 1. The van der Waals surface area contributed by atoms with Crippen LogP contribution < -0.4 is 10.1 Å². The zero-order valence-electron chi connectivity index (χ0n) is 12.9. The molecule has 3 heteroatoms. The monoisotopic (exact) mass is 284 g/mol. The summed E-state index contributed by atoms with van der Waals surface area (Å²) < 4.78 is 5.88. The molecule has 2 rings (SSSR count). The Labute approximate surface area is 127 Å². The summed E-state index contributed by atoms with van der Waals surface area (Å²) in [5.41, 5.74) is 2.47. The Morgan fingerprint density at radius 1 is 1.14 bits per heavy atom. The lowest BCUT2D eigenvalue weighted by Crippen LogP contribution is -2.19. The molecule has 0 amide bonds. The van der Waals surface area contributed by atoms with E-state index in [9.17, 15) is 0 Å². The number of hydrogen-bond donors (Lipinski definition) is 1. The van der Waals surface area contributed by atoms with Gasteiger partial charge in [0.25, 0.3) is 0 Å². The molecule has 1 unspecified atom stereocenters. The Bertz CT molecular complexity index is 528. The van der Waals surface area contributed by atoms with Gasteiger partial charge in [0, 0.05) is 17.8 Å². The summed E-state index contributed by atoms with van der Waals surface area (Å²) in [7, 11) is 0. The molecule has 1 N–H and O–H groups in total. The van der Waals surface area contributed by atoms with E-state index in [1.165, 1.54) is 5.56 Å². The van der Waals surface area contributed by atoms with Gasteiger partial charge in [-0.15, -0.1) is 0 Å². The summed E-state index contributed by atoms with van der Waals surface area (Å²) in [5, 5.41) is 3.40. The second-order valence-electron chi connectivity index (χ2n) is 5.11. The van der Waals surface area contributed by atoms with Crippen LogP contribution >= 0.6 is 0 Å². The molecule has 112 valence electrons. The van der Waals surface area contributed by atoms with Crippen molar-refractivity contribution < 1.29 is 4.74 Å². The molecule has 0 fully saturated rings. The van der Waals surface area contributed by atoms with Gasteiger partial charge in [0.1, 0.15) is 0 Å². The van der Waals surface area contributed by atoms with Crippen LogP contribution in [0.3, 0.4) is 0 Å². The second kappa shape index (κ2) is 8.42. The molecule has 1 aromatic heterocycles. The predicted octanol–water partition coefficient (Wildman–Crippen LogP) is 3.76. The molecule has 0 aliphatic heterocycles. The van der Waals surface area contributed by atoms with Crippen molar-refractivity contribution in [2.75, 3.05) is 13.2 Å². The Morgan fingerprint density at radius 3 is 2.71 bits per heavy atom. The fraction of sp³-hybridized carbons (Fsp3) is 0.389. The van der Waals surface area contributed by atoms with Crippen LogP contribution in [0.2, 0.25) is 0 Å². The third-order valence-corrected chi connectivity index (χ3v) is 3.47. The van der Waals surface area contributed by atoms with Gasteiger partial charge in [-0.05, 0) is 37.9 Å². The molecule has 1 aromatic carbocycles. The Morgan fingerprint density at radius 2 is 1.95 bits per heavy atom. The molecule has 0 bridgehead atoms. The molecule has 21 heavy (non-hydrogen) atoms. The molecule has 1 heterocycles. The first-order valence-electron chi connectivity index (χ1n) is 7.66. The van der Waals surface area contributed by atoms with E-state index >= 15 is 0 Å². The first-order chi connectivity index (χ1) is 10.3. The summed E-state index contributed by atoms with van der Waals surface area (Å²) in [5.74, 6) is 0.749. The van der Waals surface area contributed by atoms with Gasteiger partial charge < -0.3 is 10.1 Å². The molecule has 0 saturated carbocycles. The van der Waals surface area contributed by atoms with Crippen LogP contribution in [0.25, 0.3) is 0 Å². The van der Waals surface area contributed by atoms with E-state index in [1.807, 2.05) is 12.1 Å². The highest BCUT2D eigenvalue weighted by molar-refractivity contribution is 5.28. The van der Waals surface area contributed by atoms with Gasteiger partial charge >= 0.3 is 0 Å². The number of ether oxygens (including phenoxy) is 1. The van der Waals surface area contributed by atoms with Crippen molar-refractivity contribution in [3.63, 3.8) is 0 Å². The van der Waals surface area contributed by atoms with Crippen molar-refractivity contribution in [2.45, 2.75) is 32.7 Å². The fourth-order valence-corrected chi connectivity index (χ4v) is 2.36. The zero-order valence-corrected chi connectivity index (χ0v) is 12.9. The van der Waals surface area contributed by atoms with Crippen molar-refractivity contribution in [3.8, 4) is 5.88 Å². The topological polar surface area (TPSA) is 34.2 Å². The lowest BCUT2D eigenvalue weighted by atomic mass is 10.1. The summed E-state index contributed by atoms with van der Waals surface area (Å²) >= 11 is 0. The molecule has 3 nitrogen and oxygen atoms in total. The highest BCUT2D eigenvalue weighted by Crippen LogP contribution is 2.22. The number of nitrogens with one attached hydrogen (secondary N) is 1. The smallest absolute Gasteiger partial charge is 0.218 e. The average Bonchev–Trinajstić information content (AvgIpc) is 2.53. The normalized spacial score (nSPS) is 12.1. The SMILES string of the molecule is CCNC(C)c1cccnc1OCCCc1ccccc1. The first kappa shape index (κ1) is 15.5. The summed E-state index contributed by atoms with van der Waals surface area (Å²) in [4.78, 5) is 4.36. The molecular weight excluding hydrogens is 260 g/mol. The summed E-state index contributed by atoms with van der Waals surface area (Å²) in [6.07, 6.45) is 3.82. The molecule has 0 saturated heterocycles. The lowest BCUT2D eigenvalue weighted by molar-refractivity contribution is 0.293. The van der Waals surface area contributed by atoms with Crippen LogP contribution in [0.4, 0.5) is 0 Å². The van der Waals surface area contributed by atoms with Crippen LogP contribution in [-0.4, -0.2) is 18.1 Å². The van der Waals surface area contributed by atoms with Crippen LogP contribution in [0.15, 0.2) is 48.7 Å². The van der Waals surface area contributed by atoms with Crippen molar-refractivity contribution >= 4 is 0 Å². The largest absolute Gasteiger partial charge is 0.477 e. The molecule has 1 atom stereocenters. The second-order valence-corrected chi connectivity index (χ2v) is 5.11. The van der Waals surface area contributed by atoms with Gasteiger partial charge in [0.05, 0.1) is 6.61 Å². The van der Waals surface area contributed by atoms with Crippen molar-refractivity contribution in [3.05, 3.63) is 59.8 Å². The predicted molar refractivity (Wildman–Crippen MR) is 86.6 cm³/mol. The van der Waals surface area contributed by atoms with Crippen molar-refractivity contribution in [1.82, 2.24) is 10.3 Å². The Kier molecular flexibility index (Phi) is 6.22. The number of nitrogens with zero attached hydrogens (tertiary/aromatic N) is 1. The maximum absolute atomic E-state index is 5.88. The van der Waals surface area contributed by atoms with E-state index in [0.29, 0.717) is 6.61 Å². The minimum absolute atomic E-state index is 0.257. The molecule has 0 aliphatic rings. The summed E-state index contributed by atoms with van der Waals surface area (Å²) in [6, 6.07) is 14.8. The third-order valence-electron chi connectivity index (χ3n) is 3.47. The maximum atomic E-state index is 5.88. The quantitative estimate of drug-likeness (QED) is 0.749. The minimum Gasteiger partial charge on any atom is -0.477 e. The number of aryl methyl sites for hydroxylation is 1. The lowest BCUT2D eigenvalue weighted by Gasteiger charge is -2.16. The molecular formula is C18H24N2O. The van der Waals surface area contributed by atoms with Crippen LogP contribution in [0, 0.1) is 0 Å². The number of rotatable bonds is 8. The van der Waals surface area contributed by atoms with Gasteiger partial charge in [-0.3, -0.25) is 0 Å². The highest BCUT2D eigenvalue weighted by atomic mass is 16.5. The fourth-order valence-electron chi connectivity index (χ4n) is 2.36. The minimum atomic E-state index is 0.257. The Hall–Kier alpha value is -1.87. The van der Waals surface area contributed by atoms with Gasteiger partial charge in [-0.1, -0.05) is 43.3 Å². The average molecular weight is 284 g/mol. The van der Waals surface area contributed by atoms with Crippen LogP contribution in [0.5, 0.6) is 5.88 Å². The van der Waals surface area contributed by atoms with E-state index in [1.54, 1.807) is 6.20 Å². The van der Waals surface area contributed by atoms with Crippen molar-refractivity contribution in [2.24, 2.45) is 0 Å². The maximum Gasteiger partial charge on any atom is 0.218 e. The van der Waals surface area contributed by atoms with Crippen LogP contribution in [-0.2, 0) is 6.42 Å². The molecule has 0 spiro atoms. The van der Waals surface area contributed by atoms with Gasteiger partial charge in [0.15, 0.2) is 0 Å². The zero-order chi connectivity index (χ0) is 14.9. The van der Waals surface area contributed by atoms with Gasteiger partial charge in [0.2, 0.25) is 5.88 Å². The molecule has 0 radical (unpaired) electrons. The summed E-state index contributed by atoms with van der Waals surface area (Å²) in [6.45, 7) is 5.87. The van der Waals surface area contributed by atoms with Gasteiger partial charge in [-0.25, -0.2) is 4.98 Å². The first-order valence-corrected chi connectivity index (χ1v) is 7.66. The van der Waals surface area contributed by atoms with E-state index in [-0.39, 0.29) is 6.04 Å². The number of hydrogen-bond acceptors (Lipinski definition) is 3. The highest BCUT2D eigenvalue weighted by Gasteiger charge is 2.11. The Balaban J connectivity index is 1.85. The van der Waals surface area contributed by atoms with E-state index in [4.69, 9.17) is 4.74 Å². The molecule has 2 aromatic rings. The van der Waals surface area contributed by atoms with Gasteiger partial charge in [-0.2, -0.15) is 0 Å². The standard InChI is InChI=1S/C18H24N2O/c1-3-19-15(2)17-12-7-13-20-18(17)21-14-8-11-16-9-5-4-6-10-16/h4-7,9-10,12-13,15,19H,3,8,11,14H2,1-2H3. The van der Waals surface area contributed by atoms with E-state index in [2.05, 4.69) is 54.5 Å². The number of benzene rings is 1. The van der Waals surface area contributed by atoms with Crippen molar-refractivity contribution in [1.29, 1.82) is 0 Å². The molecule has 0 aliphatic carbocycles. The number of aromatic nitrogens is 1.